The third kappa shape index (κ3) is 2.27. The van der Waals surface area contributed by atoms with Crippen LogP contribution < -0.4 is 5.32 Å². The van der Waals surface area contributed by atoms with Gasteiger partial charge in [-0.15, -0.1) is 0 Å². The number of H-pyrrole nitrogens is 1. The molecular formula is C17H13N3O. The molecule has 2 heterocycles. The number of hydrogen-bond donors (Lipinski definition) is 2. The first-order valence-corrected chi connectivity index (χ1v) is 6.74. The third-order valence-electron chi connectivity index (χ3n) is 3.31. The molecule has 0 amide bonds. The summed E-state index contributed by atoms with van der Waals surface area (Å²) in [6.07, 6.45) is 1.69. The fourth-order valence-electron chi connectivity index (χ4n) is 2.32. The Hall–Kier alpha value is -3.01. The zero-order chi connectivity index (χ0) is 14.1. The normalized spacial score (nSPS) is 10.9. The van der Waals surface area contributed by atoms with Crippen molar-refractivity contribution in [3.05, 3.63) is 66.9 Å². The van der Waals surface area contributed by atoms with E-state index < -0.39 is 0 Å². The third-order valence-corrected chi connectivity index (χ3v) is 3.31. The molecule has 21 heavy (non-hydrogen) atoms. The Labute approximate surface area is 121 Å². The topological polar surface area (TPSA) is 53.9 Å². The molecule has 0 unspecified atom stereocenters. The van der Waals surface area contributed by atoms with Gasteiger partial charge < -0.3 is 14.7 Å². The summed E-state index contributed by atoms with van der Waals surface area (Å²) in [5.41, 5.74) is 2.05. The average molecular weight is 275 g/mol. The largest absolute Gasteiger partial charge is 0.420 e. The van der Waals surface area contributed by atoms with Crippen molar-refractivity contribution in [2.45, 2.75) is 0 Å². The van der Waals surface area contributed by atoms with Crippen molar-refractivity contribution in [2.75, 3.05) is 5.32 Å². The van der Waals surface area contributed by atoms with E-state index in [-0.39, 0.29) is 0 Å². The van der Waals surface area contributed by atoms with E-state index >= 15 is 0 Å². The van der Waals surface area contributed by atoms with E-state index in [1.807, 2.05) is 54.6 Å². The summed E-state index contributed by atoms with van der Waals surface area (Å²) in [7, 11) is 0. The SMILES string of the molecule is c1ccc(-c2ncc(Nc3cc4ccccc4[nH]3)o2)cc1. The Bertz CT molecular complexity index is 844. The molecule has 4 heteroatoms. The Morgan fingerprint density at radius 2 is 1.76 bits per heavy atom. The number of para-hydroxylation sites is 1. The van der Waals surface area contributed by atoms with Crippen molar-refractivity contribution in [1.82, 2.24) is 9.97 Å². The van der Waals surface area contributed by atoms with Crippen molar-refractivity contribution in [2.24, 2.45) is 0 Å². The highest BCUT2D eigenvalue weighted by Gasteiger charge is 2.07. The van der Waals surface area contributed by atoms with Crippen LogP contribution in [0.4, 0.5) is 11.7 Å². The first-order valence-electron chi connectivity index (χ1n) is 6.74. The molecule has 0 aliphatic heterocycles. The Balaban J connectivity index is 1.61. The smallest absolute Gasteiger partial charge is 0.228 e. The van der Waals surface area contributed by atoms with Crippen LogP contribution in [0.2, 0.25) is 0 Å². The first kappa shape index (κ1) is 11.8. The van der Waals surface area contributed by atoms with Gasteiger partial charge in [-0.2, -0.15) is 0 Å². The van der Waals surface area contributed by atoms with Crippen molar-refractivity contribution < 1.29 is 4.42 Å². The van der Waals surface area contributed by atoms with Gasteiger partial charge in [-0.1, -0.05) is 36.4 Å². The van der Waals surface area contributed by atoms with Gasteiger partial charge in [0, 0.05) is 16.5 Å². The number of anilines is 2. The molecule has 4 nitrogen and oxygen atoms in total. The van der Waals surface area contributed by atoms with Crippen LogP contribution in [-0.2, 0) is 0 Å². The van der Waals surface area contributed by atoms with Crippen LogP contribution in [0.15, 0.2) is 71.3 Å². The molecule has 0 spiro atoms. The summed E-state index contributed by atoms with van der Waals surface area (Å²) in [4.78, 5) is 7.59. The van der Waals surface area contributed by atoms with Crippen LogP contribution in [-0.4, -0.2) is 9.97 Å². The van der Waals surface area contributed by atoms with Crippen molar-refractivity contribution >= 4 is 22.6 Å². The maximum atomic E-state index is 5.73. The number of benzene rings is 2. The zero-order valence-corrected chi connectivity index (χ0v) is 11.2. The quantitative estimate of drug-likeness (QED) is 0.576. The molecule has 0 aliphatic rings. The van der Waals surface area contributed by atoms with Crippen LogP contribution in [0.25, 0.3) is 22.4 Å². The van der Waals surface area contributed by atoms with E-state index in [0.29, 0.717) is 11.8 Å². The van der Waals surface area contributed by atoms with Crippen LogP contribution in [0.3, 0.4) is 0 Å². The van der Waals surface area contributed by atoms with E-state index in [2.05, 4.69) is 21.4 Å². The second kappa shape index (κ2) is 4.83. The molecule has 2 aromatic heterocycles. The molecule has 2 aromatic carbocycles. The molecular weight excluding hydrogens is 262 g/mol. The lowest BCUT2D eigenvalue weighted by Crippen LogP contribution is -1.86. The van der Waals surface area contributed by atoms with E-state index in [1.54, 1.807) is 6.20 Å². The summed E-state index contributed by atoms with van der Waals surface area (Å²) in [6.45, 7) is 0. The highest BCUT2D eigenvalue weighted by atomic mass is 16.4. The Morgan fingerprint density at radius 1 is 0.952 bits per heavy atom. The van der Waals surface area contributed by atoms with E-state index in [1.165, 1.54) is 0 Å². The molecule has 2 N–H and O–H groups in total. The Morgan fingerprint density at radius 3 is 2.62 bits per heavy atom. The summed E-state index contributed by atoms with van der Waals surface area (Å²) < 4.78 is 5.73. The van der Waals surface area contributed by atoms with E-state index in [0.717, 1.165) is 22.3 Å². The number of aromatic nitrogens is 2. The van der Waals surface area contributed by atoms with Gasteiger partial charge >= 0.3 is 0 Å². The number of rotatable bonds is 3. The van der Waals surface area contributed by atoms with Gasteiger partial charge in [-0.3, -0.25) is 0 Å². The number of fused-ring (bicyclic) bond motifs is 1. The lowest BCUT2D eigenvalue weighted by Gasteiger charge is -1.98. The summed E-state index contributed by atoms with van der Waals surface area (Å²) in [6, 6.07) is 20.0. The molecule has 102 valence electrons. The maximum Gasteiger partial charge on any atom is 0.228 e. The van der Waals surface area contributed by atoms with Crippen LogP contribution in [0.1, 0.15) is 0 Å². The van der Waals surface area contributed by atoms with Crippen LogP contribution in [0, 0.1) is 0 Å². The number of aromatic amines is 1. The minimum absolute atomic E-state index is 0.606. The fourth-order valence-corrected chi connectivity index (χ4v) is 2.32. The zero-order valence-electron chi connectivity index (χ0n) is 11.2. The number of hydrogen-bond acceptors (Lipinski definition) is 3. The van der Waals surface area contributed by atoms with Gasteiger partial charge in [0.1, 0.15) is 5.82 Å². The van der Waals surface area contributed by atoms with Gasteiger partial charge in [0.05, 0.1) is 6.20 Å². The van der Waals surface area contributed by atoms with Gasteiger partial charge in [-0.25, -0.2) is 4.98 Å². The standard InChI is InChI=1S/C17H13N3O/c1-2-6-12(7-3-1)17-18-11-16(21-17)20-15-10-13-8-4-5-9-14(13)19-15/h1-11,19-20H. The van der Waals surface area contributed by atoms with Crippen molar-refractivity contribution in [3.63, 3.8) is 0 Å². The molecule has 0 saturated heterocycles. The molecule has 4 rings (SSSR count). The van der Waals surface area contributed by atoms with Crippen molar-refractivity contribution in [3.8, 4) is 11.5 Å². The Kier molecular flexibility index (Phi) is 2.71. The molecule has 0 radical (unpaired) electrons. The molecule has 0 fully saturated rings. The number of oxazole rings is 1. The fraction of sp³-hybridized carbons (Fsp3) is 0. The lowest BCUT2D eigenvalue weighted by atomic mass is 10.2. The predicted octanol–water partition coefficient (Wildman–Crippen LogP) is 4.57. The predicted molar refractivity (Wildman–Crippen MR) is 83.5 cm³/mol. The highest BCUT2D eigenvalue weighted by Crippen LogP contribution is 2.25. The lowest BCUT2D eigenvalue weighted by molar-refractivity contribution is 0.591. The number of nitrogens with one attached hydrogen (secondary N) is 2. The van der Waals surface area contributed by atoms with Crippen LogP contribution >= 0.6 is 0 Å². The highest BCUT2D eigenvalue weighted by molar-refractivity contribution is 5.84. The first-order chi connectivity index (χ1) is 10.4. The summed E-state index contributed by atoms with van der Waals surface area (Å²) in [5, 5.41) is 4.35. The number of nitrogens with zero attached hydrogens (tertiary/aromatic N) is 1. The molecule has 4 aromatic rings. The maximum absolute atomic E-state index is 5.73. The second-order valence-electron chi connectivity index (χ2n) is 4.79. The molecule has 0 bridgehead atoms. The minimum Gasteiger partial charge on any atom is -0.420 e. The average Bonchev–Trinajstić information content (AvgIpc) is 3.14. The molecule has 0 aliphatic carbocycles. The minimum atomic E-state index is 0.606. The van der Waals surface area contributed by atoms with E-state index in [4.69, 9.17) is 4.42 Å². The molecule has 0 saturated carbocycles. The van der Waals surface area contributed by atoms with Gasteiger partial charge in [-0.05, 0) is 24.3 Å². The van der Waals surface area contributed by atoms with Gasteiger partial charge in [0.15, 0.2) is 0 Å². The van der Waals surface area contributed by atoms with Gasteiger partial charge in [0.2, 0.25) is 11.8 Å². The summed E-state index contributed by atoms with van der Waals surface area (Å²) >= 11 is 0. The summed E-state index contributed by atoms with van der Waals surface area (Å²) in [5.74, 6) is 2.10. The van der Waals surface area contributed by atoms with E-state index in [9.17, 15) is 0 Å². The van der Waals surface area contributed by atoms with Gasteiger partial charge in [0.25, 0.3) is 0 Å². The molecule has 0 atom stereocenters. The van der Waals surface area contributed by atoms with Crippen LogP contribution in [0.5, 0.6) is 0 Å². The second-order valence-corrected chi connectivity index (χ2v) is 4.79. The van der Waals surface area contributed by atoms with Crippen molar-refractivity contribution in [1.29, 1.82) is 0 Å². The monoisotopic (exact) mass is 275 g/mol.